The van der Waals surface area contributed by atoms with E-state index in [2.05, 4.69) is 0 Å². The molecular formula is C19H26N2O3. The fourth-order valence-electron chi connectivity index (χ4n) is 3.72. The number of aliphatic hydroxyl groups is 1. The van der Waals surface area contributed by atoms with Gasteiger partial charge in [-0.1, -0.05) is 49.6 Å². The number of hydrogen-bond acceptors (Lipinski definition) is 3. The van der Waals surface area contributed by atoms with E-state index in [-0.39, 0.29) is 30.8 Å². The third-order valence-corrected chi connectivity index (χ3v) is 5.14. The average Bonchev–Trinajstić information content (AvgIpc) is 2.62. The van der Waals surface area contributed by atoms with E-state index in [1.54, 1.807) is 4.90 Å². The summed E-state index contributed by atoms with van der Waals surface area (Å²) in [7, 11) is 0. The Labute approximate surface area is 143 Å². The topological polar surface area (TPSA) is 60.9 Å². The number of aliphatic hydroxyl groups excluding tert-OH is 1. The summed E-state index contributed by atoms with van der Waals surface area (Å²) in [5.41, 5.74) is 1.14. The van der Waals surface area contributed by atoms with Crippen molar-refractivity contribution in [3.8, 4) is 0 Å². The van der Waals surface area contributed by atoms with Crippen LogP contribution in [0.1, 0.15) is 37.7 Å². The summed E-state index contributed by atoms with van der Waals surface area (Å²) in [6.45, 7) is 0.812. The number of β-amino-alcohol motifs (C(OH)–C–C–N with tert-alkyl or cyclic N) is 1. The van der Waals surface area contributed by atoms with Crippen molar-refractivity contribution in [2.75, 3.05) is 19.6 Å². The van der Waals surface area contributed by atoms with Crippen LogP contribution in [0.5, 0.6) is 0 Å². The van der Waals surface area contributed by atoms with Crippen LogP contribution in [0.4, 0.5) is 0 Å². The van der Waals surface area contributed by atoms with Crippen molar-refractivity contribution in [1.82, 2.24) is 9.80 Å². The molecule has 1 saturated carbocycles. The number of amides is 2. The number of carbonyl (C=O) groups excluding carboxylic acids is 2. The summed E-state index contributed by atoms with van der Waals surface area (Å²) < 4.78 is 0. The Morgan fingerprint density at radius 3 is 2.50 bits per heavy atom. The first-order valence-electron chi connectivity index (χ1n) is 8.95. The van der Waals surface area contributed by atoms with Crippen molar-refractivity contribution < 1.29 is 14.7 Å². The van der Waals surface area contributed by atoms with Crippen LogP contribution in [0.15, 0.2) is 30.3 Å². The quantitative estimate of drug-likeness (QED) is 0.916. The zero-order valence-corrected chi connectivity index (χ0v) is 14.1. The first-order chi connectivity index (χ1) is 11.6. The highest BCUT2D eigenvalue weighted by atomic mass is 16.3. The van der Waals surface area contributed by atoms with E-state index in [1.807, 2.05) is 30.3 Å². The van der Waals surface area contributed by atoms with Crippen molar-refractivity contribution in [1.29, 1.82) is 0 Å². The molecule has 0 aromatic heterocycles. The molecule has 1 aliphatic heterocycles. The number of benzene rings is 1. The molecule has 130 valence electrons. The lowest BCUT2D eigenvalue weighted by molar-refractivity contribution is -0.161. The Hall–Kier alpha value is -1.88. The van der Waals surface area contributed by atoms with E-state index >= 15 is 0 Å². The Morgan fingerprint density at radius 1 is 1.12 bits per heavy atom. The van der Waals surface area contributed by atoms with Gasteiger partial charge in [0.2, 0.25) is 11.8 Å². The molecule has 2 aliphatic rings. The molecule has 24 heavy (non-hydrogen) atoms. The second-order valence-corrected chi connectivity index (χ2v) is 6.86. The van der Waals surface area contributed by atoms with Gasteiger partial charge in [0, 0.05) is 12.5 Å². The number of piperazine rings is 1. The highest BCUT2D eigenvalue weighted by Gasteiger charge is 2.35. The van der Waals surface area contributed by atoms with Gasteiger partial charge >= 0.3 is 0 Å². The monoisotopic (exact) mass is 330 g/mol. The fraction of sp³-hybridized carbons (Fsp3) is 0.579. The van der Waals surface area contributed by atoms with Crippen LogP contribution in [0.3, 0.4) is 0 Å². The lowest BCUT2D eigenvalue weighted by atomic mass is 9.88. The standard InChI is InChI=1S/C19H26N2O3/c22-17-13-20(19(24)16-9-5-2-6-10-16)14-18(23)21(17)12-11-15-7-3-1-4-8-15/h1,3-4,7-8,16-17,22H,2,5-6,9-14H2. The predicted octanol–water partition coefficient (Wildman–Crippen LogP) is 1.80. The predicted molar refractivity (Wildman–Crippen MR) is 91.0 cm³/mol. The Bertz CT molecular complexity index is 569. The van der Waals surface area contributed by atoms with E-state index in [4.69, 9.17) is 0 Å². The highest BCUT2D eigenvalue weighted by Crippen LogP contribution is 2.26. The molecular weight excluding hydrogens is 304 g/mol. The van der Waals surface area contributed by atoms with Crippen LogP contribution < -0.4 is 0 Å². The van der Waals surface area contributed by atoms with Crippen molar-refractivity contribution in [2.24, 2.45) is 5.92 Å². The summed E-state index contributed by atoms with van der Waals surface area (Å²) in [4.78, 5) is 28.0. The molecule has 1 heterocycles. The Morgan fingerprint density at radius 2 is 1.83 bits per heavy atom. The SMILES string of the molecule is O=C(C1CCCCC1)N1CC(=O)N(CCc2ccccc2)C(O)C1. The van der Waals surface area contributed by atoms with Gasteiger partial charge in [0.05, 0.1) is 13.1 Å². The number of hydrogen-bond donors (Lipinski definition) is 1. The first-order valence-corrected chi connectivity index (χ1v) is 8.95. The largest absolute Gasteiger partial charge is 0.372 e. The zero-order valence-electron chi connectivity index (χ0n) is 14.1. The van der Waals surface area contributed by atoms with Crippen LogP contribution in [0.2, 0.25) is 0 Å². The summed E-state index contributed by atoms with van der Waals surface area (Å²) in [6, 6.07) is 9.92. The zero-order chi connectivity index (χ0) is 16.9. The average molecular weight is 330 g/mol. The smallest absolute Gasteiger partial charge is 0.244 e. The van der Waals surface area contributed by atoms with Gasteiger partial charge in [0.25, 0.3) is 0 Å². The summed E-state index contributed by atoms with van der Waals surface area (Å²) in [5, 5.41) is 10.3. The maximum absolute atomic E-state index is 12.6. The number of rotatable bonds is 4. The molecule has 3 rings (SSSR count). The van der Waals surface area contributed by atoms with Crippen molar-refractivity contribution in [3.05, 3.63) is 35.9 Å². The minimum absolute atomic E-state index is 0.0367. The van der Waals surface area contributed by atoms with Gasteiger partial charge in [0.15, 0.2) is 0 Å². The van der Waals surface area contributed by atoms with Crippen molar-refractivity contribution in [3.63, 3.8) is 0 Å². The van der Waals surface area contributed by atoms with Crippen LogP contribution >= 0.6 is 0 Å². The summed E-state index contributed by atoms with van der Waals surface area (Å²) in [5.74, 6) is -0.0757. The molecule has 0 bridgehead atoms. The minimum atomic E-state index is -0.900. The molecule has 2 fully saturated rings. The number of carbonyl (C=O) groups is 2. The molecule has 5 nitrogen and oxygen atoms in total. The molecule has 1 aromatic carbocycles. The normalized spacial score (nSPS) is 22.7. The van der Waals surface area contributed by atoms with E-state index in [9.17, 15) is 14.7 Å². The molecule has 1 atom stereocenters. The molecule has 1 saturated heterocycles. The maximum atomic E-state index is 12.6. The second-order valence-electron chi connectivity index (χ2n) is 6.86. The Balaban J connectivity index is 1.55. The molecule has 0 radical (unpaired) electrons. The molecule has 1 N–H and O–H groups in total. The lowest BCUT2D eigenvalue weighted by Gasteiger charge is -2.40. The van der Waals surface area contributed by atoms with Gasteiger partial charge in [-0.2, -0.15) is 0 Å². The minimum Gasteiger partial charge on any atom is -0.372 e. The van der Waals surface area contributed by atoms with Gasteiger partial charge in [-0.25, -0.2) is 0 Å². The third-order valence-electron chi connectivity index (χ3n) is 5.14. The van der Waals surface area contributed by atoms with E-state index < -0.39 is 6.23 Å². The van der Waals surface area contributed by atoms with Gasteiger partial charge < -0.3 is 14.9 Å². The molecule has 2 amide bonds. The summed E-state index contributed by atoms with van der Waals surface area (Å²) >= 11 is 0. The van der Waals surface area contributed by atoms with Crippen molar-refractivity contribution in [2.45, 2.75) is 44.8 Å². The highest BCUT2D eigenvalue weighted by molar-refractivity contribution is 5.87. The van der Waals surface area contributed by atoms with E-state index in [0.29, 0.717) is 13.0 Å². The molecule has 1 unspecified atom stereocenters. The van der Waals surface area contributed by atoms with Crippen LogP contribution in [0, 0.1) is 5.92 Å². The maximum Gasteiger partial charge on any atom is 0.244 e. The van der Waals surface area contributed by atoms with Gasteiger partial charge in [-0.15, -0.1) is 0 Å². The van der Waals surface area contributed by atoms with Crippen LogP contribution in [-0.2, 0) is 16.0 Å². The van der Waals surface area contributed by atoms with E-state index in [1.165, 1.54) is 11.3 Å². The third kappa shape index (κ3) is 3.96. The van der Waals surface area contributed by atoms with Gasteiger partial charge in [-0.3, -0.25) is 9.59 Å². The first kappa shape index (κ1) is 17.0. The molecule has 1 aliphatic carbocycles. The second kappa shape index (κ2) is 7.79. The van der Waals surface area contributed by atoms with Crippen LogP contribution in [0.25, 0.3) is 0 Å². The van der Waals surface area contributed by atoms with Crippen LogP contribution in [-0.4, -0.2) is 52.6 Å². The number of nitrogens with zero attached hydrogens (tertiary/aromatic N) is 2. The van der Waals surface area contributed by atoms with Gasteiger partial charge in [0.1, 0.15) is 6.23 Å². The lowest BCUT2D eigenvalue weighted by Crippen LogP contribution is -2.59. The van der Waals surface area contributed by atoms with Crippen molar-refractivity contribution >= 4 is 11.8 Å². The Kier molecular flexibility index (Phi) is 5.51. The molecule has 1 aromatic rings. The fourth-order valence-corrected chi connectivity index (χ4v) is 3.72. The van der Waals surface area contributed by atoms with Gasteiger partial charge in [-0.05, 0) is 24.8 Å². The van der Waals surface area contributed by atoms with E-state index in [0.717, 1.165) is 31.2 Å². The summed E-state index contributed by atoms with van der Waals surface area (Å²) in [6.07, 6.45) is 5.00. The molecule has 5 heteroatoms. The molecule has 0 spiro atoms.